The first-order chi connectivity index (χ1) is 10.5. The number of halogens is 2. The lowest BCUT2D eigenvalue weighted by Crippen LogP contribution is -1.98. The van der Waals surface area contributed by atoms with Gasteiger partial charge in [-0.3, -0.25) is 4.79 Å². The van der Waals surface area contributed by atoms with Gasteiger partial charge >= 0.3 is 0 Å². The van der Waals surface area contributed by atoms with Crippen LogP contribution in [-0.2, 0) is 0 Å². The molecular formula is C16H10Cl2O4. The molecule has 0 radical (unpaired) electrons. The highest BCUT2D eigenvalue weighted by Gasteiger charge is 2.31. The summed E-state index contributed by atoms with van der Waals surface area (Å²) < 4.78 is 10.6. The van der Waals surface area contributed by atoms with Crippen LogP contribution in [0, 0.1) is 0 Å². The Balaban J connectivity index is 2.03. The van der Waals surface area contributed by atoms with Crippen molar-refractivity contribution in [3.8, 4) is 17.2 Å². The molecule has 0 aromatic heterocycles. The standard InChI is InChI=1S/C16H10Cl2O4/c1-21-12-6-8(2-5-11(12)19)7-13-15(20)14-9(17)3-4-10(18)16(14)22-13/h2-7,19H,1H3. The number of phenolic OH excluding ortho intramolecular Hbond substituents is 1. The molecule has 1 heterocycles. The molecule has 1 aliphatic rings. The van der Waals surface area contributed by atoms with Crippen LogP contribution in [-0.4, -0.2) is 18.0 Å². The van der Waals surface area contributed by atoms with Gasteiger partial charge in [-0.15, -0.1) is 0 Å². The van der Waals surface area contributed by atoms with Crippen molar-refractivity contribution in [3.63, 3.8) is 0 Å². The Kier molecular flexibility index (Phi) is 3.72. The van der Waals surface area contributed by atoms with E-state index in [1.54, 1.807) is 24.3 Å². The first kappa shape index (κ1) is 14.8. The van der Waals surface area contributed by atoms with Crippen LogP contribution in [0.3, 0.4) is 0 Å². The Bertz CT molecular complexity index is 812. The van der Waals surface area contributed by atoms with Gasteiger partial charge in [-0.05, 0) is 35.9 Å². The third kappa shape index (κ3) is 2.40. The first-order valence-electron chi connectivity index (χ1n) is 6.30. The number of rotatable bonds is 2. The molecule has 112 valence electrons. The minimum absolute atomic E-state index is 0.0118. The molecule has 0 saturated heterocycles. The van der Waals surface area contributed by atoms with Crippen LogP contribution in [0.1, 0.15) is 15.9 Å². The smallest absolute Gasteiger partial charge is 0.233 e. The molecule has 0 aliphatic carbocycles. The van der Waals surface area contributed by atoms with E-state index in [9.17, 15) is 9.90 Å². The molecule has 0 amide bonds. The molecule has 0 spiro atoms. The normalized spacial score (nSPS) is 14.9. The van der Waals surface area contributed by atoms with Crippen molar-refractivity contribution in [2.45, 2.75) is 0 Å². The van der Waals surface area contributed by atoms with E-state index in [1.807, 2.05) is 0 Å². The number of Topliss-reactive ketones (excluding diaryl/α,β-unsaturated/α-hetero) is 1. The minimum Gasteiger partial charge on any atom is -0.504 e. The van der Waals surface area contributed by atoms with Crippen molar-refractivity contribution in [2.24, 2.45) is 0 Å². The Morgan fingerprint density at radius 1 is 1.18 bits per heavy atom. The van der Waals surface area contributed by atoms with Crippen molar-refractivity contribution >= 4 is 35.1 Å². The second-order valence-electron chi connectivity index (χ2n) is 4.60. The fraction of sp³-hybridized carbons (Fsp3) is 0.0625. The Morgan fingerprint density at radius 2 is 1.91 bits per heavy atom. The Morgan fingerprint density at radius 3 is 2.59 bits per heavy atom. The van der Waals surface area contributed by atoms with E-state index >= 15 is 0 Å². The second-order valence-corrected chi connectivity index (χ2v) is 5.42. The monoisotopic (exact) mass is 336 g/mol. The van der Waals surface area contributed by atoms with Crippen LogP contribution in [0.4, 0.5) is 0 Å². The van der Waals surface area contributed by atoms with Gasteiger partial charge in [0.15, 0.2) is 23.0 Å². The lowest BCUT2D eigenvalue weighted by Gasteiger charge is -2.04. The first-order valence-corrected chi connectivity index (χ1v) is 7.06. The number of hydrogen-bond acceptors (Lipinski definition) is 4. The number of phenols is 1. The van der Waals surface area contributed by atoms with Gasteiger partial charge in [-0.1, -0.05) is 29.3 Å². The average molecular weight is 337 g/mol. The van der Waals surface area contributed by atoms with Gasteiger partial charge in [0.05, 0.1) is 22.7 Å². The zero-order valence-electron chi connectivity index (χ0n) is 11.4. The largest absolute Gasteiger partial charge is 0.504 e. The predicted molar refractivity (Wildman–Crippen MR) is 84.1 cm³/mol. The minimum atomic E-state index is -0.338. The van der Waals surface area contributed by atoms with Crippen LogP contribution in [0.15, 0.2) is 36.1 Å². The van der Waals surface area contributed by atoms with Gasteiger partial charge in [0.2, 0.25) is 5.78 Å². The summed E-state index contributed by atoms with van der Waals surface area (Å²) in [4.78, 5) is 12.4. The molecule has 3 rings (SSSR count). The van der Waals surface area contributed by atoms with Crippen molar-refractivity contribution in [1.29, 1.82) is 0 Å². The number of allylic oxidation sites excluding steroid dienone is 1. The van der Waals surface area contributed by atoms with Crippen molar-refractivity contribution in [1.82, 2.24) is 0 Å². The average Bonchev–Trinajstić information content (AvgIpc) is 2.83. The molecule has 22 heavy (non-hydrogen) atoms. The zero-order valence-corrected chi connectivity index (χ0v) is 12.9. The van der Waals surface area contributed by atoms with Gasteiger partial charge in [0, 0.05) is 0 Å². The molecule has 0 atom stereocenters. The number of ether oxygens (including phenoxy) is 2. The Hall–Kier alpha value is -2.17. The Labute approximate surface area is 136 Å². The fourth-order valence-electron chi connectivity index (χ4n) is 2.15. The van der Waals surface area contributed by atoms with E-state index in [0.717, 1.165) is 0 Å². The molecule has 0 fully saturated rings. The maximum absolute atomic E-state index is 12.4. The van der Waals surface area contributed by atoms with Gasteiger partial charge in [-0.25, -0.2) is 0 Å². The zero-order chi connectivity index (χ0) is 15.9. The maximum Gasteiger partial charge on any atom is 0.233 e. The SMILES string of the molecule is COc1cc(C=C2Oc3c(Cl)ccc(Cl)c3C2=O)ccc1O. The summed E-state index contributed by atoms with van der Waals surface area (Å²) in [5.74, 6) is 0.342. The van der Waals surface area contributed by atoms with Gasteiger partial charge in [-0.2, -0.15) is 0 Å². The number of methoxy groups -OCH3 is 1. The number of hydrogen-bond donors (Lipinski definition) is 1. The fourth-order valence-corrected chi connectivity index (χ4v) is 2.59. The van der Waals surface area contributed by atoms with Crippen molar-refractivity contribution < 1.29 is 19.4 Å². The molecule has 4 nitrogen and oxygen atoms in total. The van der Waals surface area contributed by atoms with E-state index in [4.69, 9.17) is 32.7 Å². The lowest BCUT2D eigenvalue weighted by molar-refractivity contribution is 0.101. The summed E-state index contributed by atoms with van der Waals surface area (Å²) in [6, 6.07) is 7.82. The molecule has 0 saturated carbocycles. The third-order valence-corrected chi connectivity index (χ3v) is 3.84. The molecule has 0 bridgehead atoms. The molecular weight excluding hydrogens is 327 g/mol. The van der Waals surface area contributed by atoms with Crippen LogP contribution in [0.2, 0.25) is 10.0 Å². The van der Waals surface area contributed by atoms with Crippen LogP contribution >= 0.6 is 23.2 Å². The lowest BCUT2D eigenvalue weighted by atomic mass is 10.1. The topological polar surface area (TPSA) is 55.8 Å². The third-order valence-electron chi connectivity index (χ3n) is 3.22. The highest BCUT2D eigenvalue weighted by atomic mass is 35.5. The van der Waals surface area contributed by atoms with E-state index in [2.05, 4.69) is 0 Å². The molecule has 1 aliphatic heterocycles. The predicted octanol–water partition coefficient (Wildman–Crippen LogP) is 4.32. The van der Waals surface area contributed by atoms with Gasteiger partial charge in [0.1, 0.15) is 0 Å². The van der Waals surface area contributed by atoms with Crippen LogP contribution < -0.4 is 9.47 Å². The quantitative estimate of drug-likeness (QED) is 0.829. The summed E-state index contributed by atoms with van der Waals surface area (Å²) in [6.45, 7) is 0. The summed E-state index contributed by atoms with van der Waals surface area (Å²) in [5.41, 5.74) is 0.893. The number of carbonyl (C=O) groups excluding carboxylic acids is 1. The van der Waals surface area contributed by atoms with Gasteiger partial charge in [0.25, 0.3) is 0 Å². The number of fused-ring (bicyclic) bond motifs is 1. The van der Waals surface area contributed by atoms with E-state index in [0.29, 0.717) is 16.3 Å². The summed E-state index contributed by atoms with van der Waals surface area (Å²) in [5, 5.41) is 10.2. The summed E-state index contributed by atoms with van der Waals surface area (Å²) in [7, 11) is 1.44. The maximum atomic E-state index is 12.4. The molecule has 1 N–H and O–H groups in total. The highest BCUT2D eigenvalue weighted by molar-refractivity contribution is 6.39. The van der Waals surface area contributed by atoms with Crippen LogP contribution in [0.5, 0.6) is 17.2 Å². The number of aromatic hydroxyl groups is 1. The second kappa shape index (κ2) is 5.55. The van der Waals surface area contributed by atoms with Gasteiger partial charge < -0.3 is 14.6 Å². The molecule has 2 aromatic rings. The number of carbonyl (C=O) groups is 1. The van der Waals surface area contributed by atoms with Crippen LogP contribution in [0.25, 0.3) is 6.08 Å². The van der Waals surface area contributed by atoms with Crippen molar-refractivity contribution in [2.75, 3.05) is 7.11 Å². The molecule has 0 unspecified atom stereocenters. The van der Waals surface area contributed by atoms with Crippen molar-refractivity contribution in [3.05, 3.63) is 57.3 Å². The summed E-state index contributed by atoms with van der Waals surface area (Å²) in [6.07, 6.45) is 1.54. The van der Waals surface area contributed by atoms with E-state index in [-0.39, 0.29) is 33.6 Å². The van der Waals surface area contributed by atoms with E-state index < -0.39 is 0 Å². The molecule has 2 aromatic carbocycles. The summed E-state index contributed by atoms with van der Waals surface area (Å²) >= 11 is 12.1. The number of ketones is 1. The van der Waals surface area contributed by atoms with E-state index in [1.165, 1.54) is 19.3 Å². The molecule has 6 heteroatoms. The highest BCUT2D eigenvalue weighted by Crippen LogP contribution is 2.42. The number of benzene rings is 2.